The second-order valence-electron chi connectivity index (χ2n) is 5.10. The van der Waals surface area contributed by atoms with E-state index in [-0.39, 0.29) is 5.82 Å². The van der Waals surface area contributed by atoms with Crippen molar-refractivity contribution in [3.8, 4) is 0 Å². The highest BCUT2D eigenvalue weighted by atomic mass is 19.1. The first-order valence-corrected chi connectivity index (χ1v) is 6.70. The van der Waals surface area contributed by atoms with Crippen molar-refractivity contribution in [2.24, 2.45) is 5.92 Å². The molecule has 2 nitrogen and oxygen atoms in total. The van der Waals surface area contributed by atoms with Gasteiger partial charge in [-0.15, -0.1) is 0 Å². The highest BCUT2D eigenvalue weighted by Gasteiger charge is 2.33. The van der Waals surface area contributed by atoms with E-state index in [0.717, 1.165) is 29.7 Å². The Labute approximate surface area is 106 Å². The van der Waals surface area contributed by atoms with Crippen LogP contribution in [0.2, 0.25) is 0 Å². The molecule has 0 bridgehead atoms. The van der Waals surface area contributed by atoms with Gasteiger partial charge in [0.25, 0.3) is 0 Å². The Morgan fingerprint density at radius 2 is 2.22 bits per heavy atom. The van der Waals surface area contributed by atoms with Crippen LogP contribution >= 0.6 is 0 Å². The molecule has 0 radical (unpaired) electrons. The summed E-state index contributed by atoms with van der Waals surface area (Å²) in [6.07, 6.45) is 3.62. The van der Waals surface area contributed by atoms with E-state index >= 15 is 0 Å². The van der Waals surface area contributed by atoms with Crippen LogP contribution in [0, 0.1) is 11.7 Å². The minimum absolute atomic E-state index is 0.209. The van der Waals surface area contributed by atoms with Gasteiger partial charge >= 0.3 is 0 Å². The van der Waals surface area contributed by atoms with Crippen molar-refractivity contribution in [3.05, 3.63) is 35.8 Å². The third-order valence-corrected chi connectivity index (χ3v) is 3.51. The van der Waals surface area contributed by atoms with Crippen molar-refractivity contribution in [3.63, 3.8) is 0 Å². The first kappa shape index (κ1) is 11.7. The fourth-order valence-corrected chi connectivity index (χ4v) is 2.42. The lowest BCUT2D eigenvalue weighted by atomic mass is 10.1. The summed E-state index contributed by atoms with van der Waals surface area (Å²) in [5, 5.41) is 4.39. The Morgan fingerprint density at radius 3 is 2.94 bits per heavy atom. The molecule has 1 unspecified atom stereocenters. The number of halogens is 1. The van der Waals surface area contributed by atoms with Crippen LogP contribution in [0.3, 0.4) is 0 Å². The third kappa shape index (κ3) is 2.27. The minimum Gasteiger partial charge on any atom is -0.459 e. The first-order valence-electron chi connectivity index (χ1n) is 6.70. The molecule has 1 saturated carbocycles. The molecule has 3 rings (SSSR count). The summed E-state index contributed by atoms with van der Waals surface area (Å²) in [5.74, 6) is 1.42. The maximum absolute atomic E-state index is 13.2. The van der Waals surface area contributed by atoms with Gasteiger partial charge in [0.15, 0.2) is 0 Å². The van der Waals surface area contributed by atoms with Crippen molar-refractivity contribution in [1.82, 2.24) is 5.32 Å². The lowest BCUT2D eigenvalue weighted by Crippen LogP contribution is -2.23. The summed E-state index contributed by atoms with van der Waals surface area (Å²) in [5.41, 5.74) is 0.773. The second-order valence-corrected chi connectivity index (χ2v) is 5.10. The van der Waals surface area contributed by atoms with Crippen molar-refractivity contribution < 1.29 is 8.81 Å². The Balaban J connectivity index is 1.90. The standard InChI is InChI=1S/C15H18FNO/c1-2-7-17-15(10-3-4-10)14-9-11-8-12(16)5-6-13(11)18-14/h5-6,8-10,15,17H,2-4,7H2,1H3. The molecule has 0 saturated heterocycles. The van der Waals surface area contributed by atoms with E-state index in [1.165, 1.54) is 25.0 Å². The Bertz CT molecular complexity index is 544. The monoisotopic (exact) mass is 247 g/mol. The number of nitrogens with one attached hydrogen (secondary N) is 1. The first-order chi connectivity index (χ1) is 8.78. The maximum Gasteiger partial charge on any atom is 0.134 e. The lowest BCUT2D eigenvalue weighted by Gasteiger charge is -2.14. The molecule has 0 aliphatic heterocycles. The topological polar surface area (TPSA) is 25.2 Å². The van der Waals surface area contributed by atoms with Crippen LogP contribution in [0.4, 0.5) is 4.39 Å². The molecule has 1 aromatic carbocycles. The largest absolute Gasteiger partial charge is 0.459 e. The van der Waals surface area contributed by atoms with E-state index in [4.69, 9.17) is 4.42 Å². The Hall–Kier alpha value is -1.35. The van der Waals surface area contributed by atoms with E-state index in [9.17, 15) is 4.39 Å². The molecule has 1 atom stereocenters. The zero-order chi connectivity index (χ0) is 12.5. The van der Waals surface area contributed by atoms with Crippen LogP contribution < -0.4 is 5.32 Å². The molecular formula is C15H18FNO. The van der Waals surface area contributed by atoms with Gasteiger partial charge < -0.3 is 9.73 Å². The Kier molecular flexibility index (Phi) is 3.08. The van der Waals surface area contributed by atoms with Gasteiger partial charge in [-0.25, -0.2) is 4.39 Å². The molecular weight excluding hydrogens is 229 g/mol. The number of benzene rings is 1. The number of rotatable bonds is 5. The average molecular weight is 247 g/mol. The highest BCUT2D eigenvalue weighted by Crippen LogP contribution is 2.42. The van der Waals surface area contributed by atoms with E-state index in [2.05, 4.69) is 12.2 Å². The summed E-state index contributed by atoms with van der Waals surface area (Å²) in [6.45, 7) is 3.15. The van der Waals surface area contributed by atoms with Crippen LogP contribution in [0.15, 0.2) is 28.7 Å². The second kappa shape index (κ2) is 4.73. The molecule has 1 aromatic heterocycles. The van der Waals surface area contributed by atoms with Crippen LogP contribution in [0.25, 0.3) is 11.0 Å². The van der Waals surface area contributed by atoms with Gasteiger partial charge in [-0.1, -0.05) is 6.92 Å². The van der Waals surface area contributed by atoms with Crippen LogP contribution in [-0.2, 0) is 0 Å². The SMILES string of the molecule is CCCNC(c1cc2cc(F)ccc2o1)C1CC1. The molecule has 0 amide bonds. The van der Waals surface area contributed by atoms with Crippen molar-refractivity contribution in [2.75, 3.05) is 6.54 Å². The predicted octanol–water partition coefficient (Wildman–Crippen LogP) is 4.02. The molecule has 0 spiro atoms. The molecule has 1 N–H and O–H groups in total. The van der Waals surface area contributed by atoms with Crippen molar-refractivity contribution in [2.45, 2.75) is 32.2 Å². The van der Waals surface area contributed by atoms with Crippen LogP contribution in [-0.4, -0.2) is 6.54 Å². The van der Waals surface area contributed by atoms with Gasteiger partial charge in [0, 0.05) is 5.39 Å². The third-order valence-electron chi connectivity index (χ3n) is 3.51. The number of hydrogen-bond donors (Lipinski definition) is 1. The summed E-state index contributed by atoms with van der Waals surface area (Å²) in [7, 11) is 0. The molecule has 1 aliphatic carbocycles. The van der Waals surface area contributed by atoms with Gasteiger partial charge in [-0.3, -0.25) is 0 Å². The quantitative estimate of drug-likeness (QED) is 0.863. The zero-order valence-corrected chi connectivity index (χ0v) is 10.6. The molecule has 2 aromatic rings. The molecule has 3 heteroatoms. The zero-order valence-electron chi connectivity index (χ0n) is 10.6. The van der Waals surface area contributed by atoms with Crippen molar-refractivity contribution in [1.29, 1.82) is 0 Å². The van der Waals surface area contributed by atoms with E-state index in [1.54, 1.807) is 6.07 Å². The van der Waals surface area contributed by atoms with Crippen LogP contribution in [0.5, 0.6) is 0 Å². The van der Waals surface area contributed by atoms with Gasteiger partial charge in [0.1, 0.15) is 17.2 Å². The van der Waals surface area contributed by atoms with Gasteiger partial charge in [-0.2, -0.15) is 0 Å². The van der Waals surface area contributed by atoms with E-state index in [1.807, 2.05) is 6.07 Å². The average Bonchev–Trinajstić information content (AvgIpc) is 3.10. The van der Waals surface area contributed by atoms with E-state index < -0.39 is 0 Å². The van der Waals surface area contributed by atoms with Gasteiger partial charge in [0.2, 0.25) is 0 Å². The van der Waals surface area contributed by atoms with Gasteiger partial charge in [-0.05, 0) is 56.0 Å². The summed E-state index contributed by atoms with van der Waals surface area (Å²) in [4.78, 5) is 0. The van der Waals surface area contributed by atoms with Crippen LogP contribution in [0.1, 0.15) is 38.0 Å². The summed E-state index contributed by atoms with van der Waals surface area (Å²) in [6, 6.07) is 6.95. The number of furan rings is 1. The smallest absolute Gasteiger partial charge is 0.134 e. The Morgan fingerprint density at radius 1 is 1.39 bits per heavy atom. The number of hydrogen-bond acceptors (Lipinski definition) is 2. The molecule has 96 valence electrons. The normalized spacial score (nSPS) is 17.2. The lowest BCUT2D eigenvalue weighted by molar-refractivity contribution is 0.396. The fourth-order valence-electron chi connectivity index (χ4n) is 2.42. The number of fused-ring (bicyclic) bond motifs is 1. The predicted molar refractivity (Wildman–Crippen MR) is 69.9 cm³/mol. The molecule has 18 heavy (non-hydrogen) atoms. The fraction of sp³-hybridized carbons (Fsp3) is 0.467. The highest BCUT2D eigenvalue weighted by molar-refractivity contribution is 5.78. The maximum atomic E-state index is 13.2. The van der Waals surface area contributed by atoms with Crippen molar-refractivity contribution >= 4 is 11.0 Å². The van der Waals surface area contributed by atoms with Gasteiger partial charge in [0.05, 0.1) is 6.04 Å². The van der Waals surface area contributed by atoms with E-state index in [0.29, 0.717) is 12.0 Å². The molecule has 1 fully saturated rings. The minimum atomic E-state index is -0.209. The molecule has 1 aliphatic rings. The summed E-state index contributed by atoms with van der Waals surface area (Å²) >= 11 is 0. The molecule has 1 heterocycles. The summed E-state index contributed by atoms with van der Waals surface area (Å²) < 4.78 is 19.0.